The van der Waals surface area contributed by atoms with Gasteiger partial charge in [-0.3, -0.25) is 4.90 Å². The second kappa shape index (κ2) is 11.3. The number of ether oxygens (including phenoxy) is 3. The van der Waals surface area contributed by atoms with Crippen LogP contribution in [-0.2, 0) is 28.7 Å². The van der Waals surface area contributed by atoms with E-state index in [9.17, 15) is 22.7 Å². The predicted molar refractivity (Wildman–Crippen MR) is 151 cm³/mol. The lowest BCUT2D eigenvalue weighted by atomic mass is 9.94. The van der Waals surface area contributed by atoms with Gasteiger partial charge in [-0.1, -0.05) is 11.6 Å². The Balaban J connectivity index is 1.37. The molecule has 3 N–H and O–H groups in total. The quantitative estimate of drug-likeness (QED) is 0.363. The fourth-order valence-corrected chi connectivity index (χ4v) is 7.14. The van der Waals surface area contributed by atoms with Crippen molar-refractivity contribution in [2.24, 2.45) is 0 Å². The molecule has 2 aromatic rings. The molecule has 0 saturated carbocycles. The van der Waals surface area contributed by atoms with Crippen molar-refractivity contribution >= 4 is 23.1 Å². The first-order valence-electron chi connectivity index (χ1n) is 14.3. The summed E-state index contributed by atoms with van der Waals surface area (Å²) in [5.74, 6) is 0.461. The minimum absolute atomic E-state index is 0.0171. The van der Waals surface area contributed by atoms with Crippen molar-refractivity contribution in [1.82, 2.24) is 14.9 Å². The predicted octanol–water partition coefficient (Wildman–Crippen LogP) is 4.60. The van der Waals surface area contributed by atoms with Crippen molar-refractivity contribution in [3.8, 4) is 6.01 Å². The van der Waals surface area contributed by atoms with E-state index in [2.05, 4.69) is 9.88 Å². The lowest BCUT2D eigenvalue weighted by molar-refractivity contribution is -0.139. The monoisotopic (exact) mass is 627 g/mol. The Morgan fingerprint density at radius 2 is 2.09 bits per heavy atom. The van der Waals surface area contributed by atoms with Gasteiger partial charge in [0.1, 0.15) is 18.0 Å². The Morgan fingerprint density at radius 1 is 1.28 bits per heavy atom. The van der Waals surface area contributed by atoms with Crippen molar-refractivity contribution in [2.45, 2.75) is 62.6 Å². The van der Waals surface area contributed by atoms with Crippen LogP contribution in [0.1, 0.15) is 54.7 Å². The van der Waals surface area contributed by atoms with Crippen molar-refractivity contribution in [3.63, 3.8) is 0 Å². The zero-order chi connectivity index (χ0) is 30.6. The van der Waals surface area contributed by atoms with Crippen molar-refractivity contribution in [3.05, 3.63) is 51.4 Å². The summed E-state index contributed by atoms with van der Waals surface area (Å²) in [6.45, 7) is 4.27. The number of halogens is 5. The van der Waals surface area contributed by atoms with Crippen LogP contribution in [0.5, 0.6) is 6.01 Å². The molecule has 1 aromatic carbocycles. The van der Waals surface area contributed by atoms with E-state index in [1.165, 1.54) is 6.07 Å². The van der Waals surface area contributed by atoms with E-state index in [1.807, 2.05) is 4.90 Å². The molecule has 1 aromatic heterocycles. The largest absolute Gasteiger partial charge is 0.461 e. The van der Waals surface area contributed by atoms with Crippen LogP contribution in [0.15, 0.2) is 24.0 Å². The smallest absolute Gasteiger partial charge is 0.418 e. The maximum atomic E-state index is 14.1. The molecule has 0 aliphatic carbocycles. The lowest BCUT2D eigenvalue weighted by Crippen LogP contribution is -2.44. The van der Waals surface area contributed by atoms with Crippen LogP contribution in [0.2, 0.25) is 5.02 Å². The highest BCUT2D eigenvalue weighted by molar-refractivity contribution is 6.31. The molecule has 234 valence electrons. The molecule has 3 saturated heterocycles. The molecule has 3 fully saturated rings. The highest BCUT2D eigenvalue weighted by Gasteiger charge is 2.47. The van der Waals surface area contributed by atoms with Gasteiger partial charge in [0.15, 0.2) is 0 Å². The number of nitrogens with zero attached hydrogens (tertiary/aromatic N) is 4. The Hall–Kier alpha value is -2.71. The molecular weight excluding hydrogens is 594 g/mol. The number of anilines is 2. The molecule has 0 bridgehead atoms. The van der Waals surface area contributed by atoms with E-state index < -0.39 is 28.5 Å². The molecular formula is C29H34ClF4N5O4. The number of hydrogen-bond acceptors (Lipinski definition) is 9. The summed E-state index contributed by atoms with van der Waals surface area (Å²) < 4.78 is 73.5. The second-order valence-corrected chi connectivity index (χ2v) is 12.6. The number of fused-ring (bicyclic) bond motifs is 2. The summed E-state index contributed by atoms with van der Waals surface area (Å²) >= 11 is 6.03. The molecule has 0 unspecified atom stereocenters. The molecule has 0 radical (unpaired) electrons. The summed E-state index contributed by atoms with van der Waals surface area (Å²) in [6.07, 6.45) is -2.78. The van der Waals surface area contributed by atoms with E-state index in [0.29, 0.717) is 55.1 Å². The fourth-order valence-electron chi connectivity index (χ4n) is 6.79. The molecule has 0 amide bonds. The SMILES string of the molecule is C[C@@]1(O)COCCN(c2nc(OC[C@@]34CCCN3C/C(=C\F)C4)nc3c2CO[C@H](c2cc(N)cc(Cl)c2C(F)(F)F)C3)C1. The number of aliphatic hydroxyl groups is 1. The number of benzene rings is 1. The molecule has 0 spiro atoms. The third-order valence-electron chi connectivity index (χ3n) is 8.70. The summed E-state index contributed by atoms with van der Waals surface area (Å²) in [7, 11) is 0. The number of nitrogen functional groups attached to an aromatic ring is 1. The molecule has 3 atom stereocenters. The van der Waals surface area contributed by atoms with Gasteiger partial charge < -0.3 is 30.0 Å². The van der Waals surface area contributed by atoms with Gasteiger partial charge in [0.05, 0.1) is 60.6 Å². The van der Waals surface area contributed by atoms with Crippen LogP contribution >= 0.6 is 11.6 Å². The van der Waals surface area contributed by atoms with Crippen LogP contribution in [0, 0.1) is 0 Å². The molecule has 14 heteroatoms. The van der Waals surface area contributed by atoms with Gasteiger partial charge in [-0.15, -0.1) is 0 Å². The number of hydrogen-bond donors (Lipinski definition) is 2. The molecule has 4 aliphatic heterocycles. The number of β-amino-alcohol motifs (C(OH)–C–C–N with tert-alkyl or cyclic N) is 1. The normalized spacial score (nSPS) is 29.0. The van der Waals surface area contributed by atoms with Crippen molar-refractivity contribution < 1.29 is 36.9 Å². The van der Waals surface area contributed by atoms with E-state index >= 15 is 0 Å². The topological polar surface area (TPSA) is 106 Å². The van der Waals surface area contributed by atoms with Crippen molar-refractivity contribution in [1.29, 1.82) is 0 Å². The summed E-state index contributed by atoms with van der Waals surface area (Å²) in [4.78, 5) is 13.5. The number of alkyl halides is 3. The van der Waals surface area contributed by atoms with E-state index in [-0.39, 0.29) is 55.6 Å². The lowest BCUT2D eigenvalue weighted by Gasteiger charge is -2.34. The van der Waals surface area contributed by atoms with Gasteiger partial charge in [0.2, 0.25) is 0 Å². The highest BCUT2D eigenvalue weighted by Crippen LogP contribution is 2.45. The fraction of sp³-hybridized carbons (Fsp3) is 0.586. The second-order valence-electron chi connectivity index (χ2n) is 12.2. The Morgan fingerprint density at radius 3 is 2.86 bits per heavy atom. The molecule has 6 rings (SSSR count). The Kier molecular flexibility index (Phi) is 7.99. The van der Waals surface area contributed by atoms with Crippen LogP contribution in [0.3, 0.4) is 0 Å². The average Bonchev–Trinajstić information content (AvgIpc) is 3.42. The minimum atomic E-state index is -4.73. The van der Waals surface area contributed by atoms with Gasteiger partial charge >= 0.3 is 12.2 Å². The van der Waals surface area contributed by atoms with Crippen LogP contribution < -0.4 is 15.4 Å². The van der Waals surface area contributed by atoms with Gasteiger partial charge in [-0.05, 0) is 56.0 Å². The van der Waals surface area contributed by atoms with E-state index in [0.717, 1.165) is 25.5 Å². The first-order chi connectivity index (χ1) is 20.4. The highest BCUT2D eigenvalue weighted by atomic mass is 35.5. The summed E-state index contributed by atoms with van der Waals surface area (Å²) in [5, 5.41) is 10.4. The number of nitrogens with two attached hydrogens (primary N) is 1. The maximum absolute atomic E-state index is 14.1. The zero-order valence-electron chi connectivity index (χ0n) is 23.7. The Labute approximate surface area is 251 Å². The van der Waals surface area contributed by atoms with Gasteiger partial charge in [-0.25, -0.2) is 4.39 Å². The molecule has 4 aliphatic rings. The van der Waals surface area contributed by atoms with Gasteiger partial charge in [0.25, 0.3) is 0 Å². The molecule has 5 heterocycles. The first kappa shape index (κ1) is 30.3. The number of rotatable bonds is 5. The van der Waals surface area contributed by atoms with Gasteiger partial charge in [0, 0.05) is 30.8 Å². The summed E-state index contributed by atoms with van der Waals surface area (Å²) in [5.41, 5.74) is 5.03. The van der Waals surface area contributed by atoms with Crippen LogP contribution in [0.25, 0.3) is 0 Å². The third kappa shape index (κ3) is 6.02. The zero-order valence-corrected chi connectivity index (χ0v) is 24.5. The molecule has 9 nitrogen and oxygen atoms in total. The number of aromatic nitrogens is 2. The average molecular weight is 628 g/mol. The van der Waals surface area contributed by atoms with Gasteiger partial charge in [-0.2, -0.15) is 23.1 Å². The van der Waals surface area contributed by atoms with Crippen LogP contribution in [-0.4, -0.2) is 77.1 Å². The Bertz CT molecular complexity index is 1420. The van der Waals surface area contributed by atoms with E-state index in [1.54, 1.807) is 6.92 Å². The van der Waals surface area contributed by atoms with Crippen molar-refractivity contribution in [2.75, 3.05) is 56.6 Å². The van der Waals surface area contributed by atoms with Crippen LogP contribution in [0.4, 0.5) is 29.1 Å². The third-order valence-corrected chi connectivity index (χ3v) is 8.99. The summed E-state index contributed by atoms with van der Waals surface area (Å²) in [6, 6.07) is 2.36. The molecule has 43 heavy (non-hydrogen) atoms. The minimum Gasteiger partial charge on any atom is -0.461 e. The maximum Gasteiger partial charge on any atom is 0.418 e. The standard InChI is InChI=1S/C29H34ClF4N5O4/c1-27(40)14-38(5-6-41-15-27)25-20-13-42-23(19-7-18(35)8-21(30)24(19)29(32,33)34)9-22(20)36-26(37-25)43-16-28-3-2-4-39(28)12-17(10-28)11-31/h7-8,11,23,40H,2-6,9-10,12-16,35H2,1H3/b17-11-/t23-,27-,28-/m0/s1. The van der Waals surface area contributed by atoms with E-state index in [4.69, 9.17) is 36.5 Å². The first-order valence-corrected chi connectivity index (χ1v) is 14.6.